The van der Waals surface area contributed by atoms with Crippen LogP contribution in [0.5, 0.6) is 0 Å². The van der Waals surface area contributed by atoms with E-state index >= 15 is 0 Å². The molecule has 16 heavy (non-hydrogen) atoms. The van der Waals surface area contributed by atoms with Crippen LogP contribution in [0.2, 0.25) is 0 Å². The molecule has 0 bridgehead atoms. The third-order valence-electron chi connectivity index (χ3n) is 1.52. The van der Waals surface area contributed by atoms with Gasteiger partial charge in [0, 0.05) is 0 Å². The van der Waals surface area contributed by atoms with E-state index in [1.54, 1.807) is 0 Å². The standard InChI is InChI=1S/C6H5F9O/c7-2-4(10,11)6(14,15)3(8,9)1-5(12,13)16/h16H,1-2H2. The Hall–Kier alpha value is -0.670. The molecule has 0 aliphatic rings. The first-order chi connectivity index (χ1) is 6.77. The minimum Gasteiger partial charge on any atom is -0.336 e. The second kappa shape index (κ2) is 3.97. The van der Waals surface area contributed by atoms with E-state index in [2.05, 4.69) is 0 Å². The van der Waals surface area contributed by atoms with Crippen molar-refractivity contribution in [3.05, 3.63) is 0 Å². The number of hydrogen-bond donors (Lipinski definition) is 1. The normalized spacial score (nSPS) is 15.4. The third kappa shape index (κ3) is 2.92. The molecular formula is C6H5F9O. The van der Waals surface area contributed by atoms with Crippen molar-refractivity contribution in [2.24, 2.45) is 0 Å². The number of rotatable bonds is 5. The maximum atomic E-state index is 12.3. The molecule has 0 rings (SSSR count). The van der Waals surface area contributed by atoms with Gasteiger partial charge in [-0.1, -0.05) is 0 Å². The second-order valence-corrected chi connectivity index (χ2v) is 2.96. The Morgan fingerprint density at radius 2 is 1.12 bits per heavy atom. The molecule has 0 aliphatic heterocycles. The molecule has 0 atom stereocenters. The molecule has 0 radical (unpaired) electrons. The molecule has 0 unspecified atom stereocenters. The summed E-state index contributed by atoms with van der Waals surface area (Å²) >= 11 is 0. The lowest BCUT2D eigenvalue weighted by Crippen LogP contribution is -2.56. The van der Waals surface area contributed by atoms with Gasteiger partial charge >= 0.3 is 23.9 Å². The SMILES string of the molecule is OC(F)(F)CC(F)(F)C(F)(F)C(F)(F)CF. The van der Waals surface area contributed by atoms with Crippen LogP contribution in [0.4, 0.5) is 39.5 Å². The molecule has 0 saturated carbocycles. The first-order valence-electron chi connectivity index (χ1n) is 3.56. The monoisotopic (exact) mass is 264 g/mol. The Kier molecular flexibility index (Phi) is 3.80. The van der Waals surface area contributed by atoms with Gasteiger partial charge in [0.1, 0.15) is 6.42 Å². The zero-order chi connectivity index (χ0) is 13.4. The molecule has 0 aromatic rings. The highest BCUT2D eigenvalue weighted by atomic mass is 19.3. The second-order valence-electron chi connectivity index (χ2n) is 2.96. The summed E-state index contributed by atoms with van der Waals surface area (Å²) in [4.78, 5) is 0. The zero-order valence-electron chi connectivity index (χ0n) is 7.26. The molecule has 0 aromatic heterocycles. The Balaban J connectivity index is 5.14. The molecule has 0 fully saturated rings. The number of hydrogen-bond acceptors (Lipinski definition) is 1. The maximum Gasteiger partial charge on any atom is 0.374 e. The fourth-order valence-corrected chi connectivity index (χ4v) is 0.730. The van der Waals surface area contributed by atoms with Crippen molar-refractivity contribution in [2.75, 3.05) is 6.67 Å². The lowest BCUT2D eigenvalue weighted by molar-refractivity contribution is -0.342. The lowest BCUT2D eigenvalue weighted by Gasteiger charge is -2.32. The van der Waals surface area contributed by atoms with Crippen molar-refractivity contribution in [3.63, 3.8) is 0 Å². The van der Waals surface area contributed by atoms with Gasteiger partial charge in [0.2, 0.25) is 0 Å². The van der Waals surface area contributed by atoms with Crippen LogP contribution >= 0.6 is 0 Å². The Bertz CT molecular complexity index is 243. The largest absolute Gasteiger partial charge is 0.374 e. The molecule has 0 heterocycles. The van der Waals surface area contributed by atoms with E-state index < -0.39 is 37.0 Å². The summed E-state index contributed by atoms with van der Waals surface area (Å²) in [5, 5.41) is 7.57. The predicted molar refractivity (Wildman–Crippen MR) is 32.6 cm³/mol. The Morgan fingerprint density at radius 3 is 1.38 bits per heavy atom. The quantitative estimate of drug-likeness (QED) is 0.757. The van der Waals surface area contributed by atoms with E-state index in [9.17, 15) is 39.5 Å². The van der Waals surface area contributed by atoms with E-state index in [0.29, 0.717) is 0 Å². The topological polar surface area (TPSA) is 20.2 Å². The van der Waals surface area contributed by atoms with Gasteiger partial charge in [-0.15, -0.1) is 0 Å². The summed E-state index contributed by atoms with van der Waals surface area (Å²) < 4.78 is 108. The van der Waals surface area contributed by atoms with Crippen molar-refractivity contribution in [2.45, 2.75) is 30.3 Å². The first-order valence-corrected chi connectivity index (χ1v) is 3.56. The van der Waals surface area contributed by atoms with E-state index in [1.165, 1.54) is 0 Å². The van der Waals surface area contributed by atoms with E-state index in [1.807, 2.05) is 0 Å². The van der Waals surface area contributed by atoms with Crippen molar-refractivity contribution in [1.82, 2.24) is 0 Å². The van der Waals surface area contributed by atoms with Gasteiger partial charge < -0.3 is 5.11 Å². The van der Waals surface area contributed by atoms with Gasteiger partial charge in [-0.2, -0.15) is 35.1 Å². The van der Waals surface area contributed by atoms with Crippen LogP contribution in [0.3, 0.4) is 0 Å². The van der Waals surface area contributed by atoms with Crippen molar-refractivity contribution in [1.29, 1.82) is 0 Å². The van der Waals surface area contributed by atoms with E-state index in [4.69, 9.17) is 5.11 Å². The van der Waals surface area contributed by atoms with Crippen LogP contribution in [0, 0.1) is 0 Å². The molecule has 0 spiro atoms. The van der Waals surface area contributed by atoms with Crippen molar-refractivity contribution >= 4 is 0 Å². The van der Waals surface area contributed by atoms with Crippen LogP contribution in [0.25, 0.3) is 0 Å². The highest BCUT2D eigenvalue weighted by molar-refractivity contribution is 4.97. The van der Waals surface area contributed by atoms with Crippen LogP contribution in [0.1, 0.15) is 6.42 Å². The smallest absolute Gasteiger partial charge is 0.336 e. The van der Waals surface area contributed by atoms with Gasteiger partial charge in [0.15, 0.2) is 6.67 Å². The summed E-state index contributed by atoms with van der Waals surface area (Å²) in [6.07, 6.45) is -8.51. The van der Waals surface area contributed by atoms with Crippen LogP contribution < -0.4 is 0 Å². The van der Waals surface area contributed by atoms with Gasteiger partial charge in [0.05, 0.1) is 0 Å². The molecule has 98 valence electrons. The lowest BCUT2D eigenvalue weighted by atomic mass is 10.0. The third-order valence-corrected chi connectivity index (χ3v) is 1.52. The summed E-state index contributed by atoms with van der Waals surface area (Å²) in [6, 6.07) is 0. The fourth-order valence-electron chi connectivity index (χ4n) is 0.730. The van der Waals surface area contributed by atoms with Crippen molar-refractivity contribution in [3.8, 4) is 0 Å². The van der Waals surface area contributed by atoms with Gasteiger partial charge in [-0.25, -0.2) is 4.39 Å². The number of alkyl halides is 9. The van der Waals surface area contributed by atoms with Gasteiger partial charge in [-0.05, 0) is 0 Å². The molecule has 1 N–H and O–H groups in total. The highest BCUT2D eigenvalue weighted by Gasteiger charge is 2.73. The summed E-state index contributed by atoms with van der Waals surface area (Å²) in [6.45, 7) is -3.15. The molecule has 0 saturated heterocycles. The minimum atomic E-state index is -6.33. The number of aliphatic hydroxyl groups is 1. The predicted octanol–water partition coefficient (Wildman–Crippen LogP) is 2.84. The summed E-state index contributed by atoms with van der Waals surface area (Å²) in [5.74, 6) is -18.1. The number of halogens is 9. The molecule has 0 amide bonds. The van der Waals surface area contributed by atoms with E-state index in [0.717, 1.165) is 0 Å². The zero-order valence-corrected chi connectivity index (χ0v) is 7.26. The molecule has 1 nitrogen and oxygen atoms in total. The fraction of sp³-hybridized carbons (Fsp3) is 1.00. The average molecular weight is 264 g/mol. The molecule has 0 aromatic carbocycles. The summed E-state index contributed by atoms with van der Waals surface area (Å²) in [5.41, 5.74) is 0. The van der Waals surface area contributed by atoms with Crippen molar-refractivity contribution < 1.29 is 44.6 Å². The maximum absolute atomic E-state index is 12.3. The van der Waals surface area contributed by atoms with Gasteiger partial charge in [-0.3, -0.25) is 0 Å². The summed E-state index contributed by atoms with van der Waals surface area (Å²) in [7, 11) is 0. The minimum absolute atomic E-state index is 3.15. The molecule has 10 heteroatoms. The van der Waals surface area contributed by atoms with Crippen LogP contribution in [-0.2, 0) is 0 Å². The highest BCUT2D eigenvalue weighted by Crippen LogP contribution is 2.49. The van der Waals surface area contributed by atoms with Crippen LogP contribution in [-0.4, -0.2) is 35.7 Å². The van der Waals surface area contributed by atoms with E-state index in [-0.39, 0.29) is 0 Å². The average Bonchev–Trinajstić information content (AvgIpc) is 1.99. The molecule has 0 aliphatic carbocycles. The Morgan fingerprint density at radius 1 is 0.750 bits per heavy atom. The van der Waals surface area contributed by atoms with Crippen LogP contribution in [0.15, 0.2) is 0 Å². The van der Waals surface area contributed by atoms with Gasteiger partial charge in [0.25, 0.3) is 0 Å². The Labute approximate surface area is 82.8 Å². The molecular weight excluding hydrogens is 259 g/mol. The first kappa shape index (κ1) is 15.3.